The molecule has 0 unspecified atom stereocenters. The third-order valence-corrected chi connectivity index (χ3v) is 2.47. The second kappa shape index (κ2) is 4.94. The van der Waals surface area contributed by atoms with Crippen molar-refractivity contribution in [3.05, 3.63) is 24.0 Å². The maximum Gasteiger partial charge on any atom is 0.341 e. The minimum Gasteiger partial charge on any atom is -0.489 e. The molecule has 0 aromatic carbocycles. The first-order valence-corrected chi connectivity index (χ1v) is 5.19. The molecule has 1 saturated heterocycles. The molecular weight excluding hydrogens is 210 g/mol. The van der Waals surface area contributed by atoms with Crippen molar-refractivity contribution < 1.29 is 19.4 Å². The van der Waals surface area contributed by atoms with Crippen LogP contribution < -0.4 is 4.74 Å². The van der Waals surface area contributed by atoms with Crippen LogP contribution in [-0.4, -0.2) is 35.4 Å². The molecule has 2 heterocycles. The van der Waals surface area contributed by atoms with Crippen LogP contribution in [0.3, 0.4) is 0 Å². The van der Waals surface area contributed by atoms with Crippen LogP contribution in [0.15, 0.2) is 18.5 Å². The van der Waals surface area contributed by atoms with Crippen LogP contribution in [0.5, 0.6) is 5.75 Å². The van der Waals surface area contributed by atoms with E-state index in [4.69, 9.17) is 14.6 Å². The molecule has 1 aliphatic rings. The molecule has 1 aromatic rings. The molecule has 0 saturated carbocycles. The monoisotopic (exact) mass is 223 g/mol. The van der Waals surface area contributed by atoms with E-state index in [9.17, 15) is 4.79 Å². The van der Waals surface area contributed by atoms with E-state index in [0.717, 1.165) is 12.8 Å². The summed E-state index contributed by atoms with van der Waals surface area (Å²) in [5, 5.41) is 8.95. The van der Waals surface area contributed by atoms with Gasteiger partial charge in [-0.15, -0.1) is 0 Å². The number of aromatic carboxylic acids is 1. The van der Waals surface area contributed by atoms with Crippen molar-refractivity contribution in [1.29, 1.82) is 0 Å². The van der Waals surface area contributed by atoms with Crippen molar-refractivity contribution in [2.45, 2.75) is 18.9 Å². The van der Waals surface area contributed by atoms with E-state index in [1.54, 1.807) is 6.07 Å². The lowest BCUT2D eigenvalue weighted by atomic mass is 10.1. The van der Waals surface area contributed by atoms with Crippen molar-refractivity contribution in [2.24, 2.45) is 0 Å². The first-order valence-electron chi connectivity index (χ1n) is 5.19. The molecule has 1 N–H and O–H groups in total. The summed E-state index contributed by atoms with van der Waals surface area (Å²) in [5.41, 5.74) is 0.106. The van der Waals surface area contributed by atoms with Gasteiger partial charge in [0.05, 0.1) is 13.2 Å². The predicted octanol–water partition coefficient (Wildman–Crippen LogP) is 1.34. The number of carboxylic acid groups (broad SMARTS) is 1. The molecule has 0 aliphatic carbocycles. The topological polar surface area (TPSA) is 68.7 Å². The Hall–Kier alpha value is -1.62. The maximum atomic E-state index is 10.9. The molecule has 1 aromatic heterocycles. The highest BCUT2D eigenvalue weighted by molar-refractivity contribution is 5.90. The number of carboxylic acids is 1. The Morgan fingerprint density at radius 1 is 1.50 bits per heavy atom. The fourth-order valence-corrected chi connectivity index (χ4v) is 1.62. The normalized spacial score (nSPS) is 17.0. The third-order valence-electron chi connectivity index (χ3n) is 2.47. The molecule has 16 heavy (non-hydrogen) atoms. The SMILES string of the molecule is O=C(O)c1cnccc1OC1CCOCC1. The molecule has 0 radical (unpaired) electrons. The lowest BCUT2D eigenvalue weighted by Gasteiger charge is -2.23. The van der Waals surface area contributed by atoms with E-state index in [-0.39, 0.29) is 11.7 Å². The van der Waals surface area contributed by atoms with Crippen molar-refractivity contribution in [2.75, 3.05) is 13.2 Å². The van der Waals surface area contributed by atoms with Gasteiger partial charge in [0.25, 0.3) is 0 Å². The quantitative estimate of drug-likeness (QED) is 0.837. The Bertz CT molecular complexity index is 374. The molecule has 1 fully saturated rings. The summed E-state index contributed by atoms with van der Waals surface area (Å²) in [4.78, 5) is 14.7. The Labute approximate surface area is 93.0 Å². The van der Waals surface area contributed by atoms with Gasteiger partial charge in [0, 0.05) is 25.2 Å². The fraction of sp³-hybridized carbons (Fsp3) is 0.455. The molecule has 0 amide bonds. The summed E-state index contributed by atoms with van der Waals surface area (Å²) in [6.45, 7) is 1.33. The number of pyridine rings is 1. The molecule has 86 valence electrons. The lowest BCUT2D eigenvalue weighted by molar-refractivity contribution is 0.0248. The summed E-state index contributed by atoms with van der Waals surface area (Å²) < 4.78 is 10.9. The number of hydrogen-bond donors (Lipinski definition) is 1. The minimum atomic E-state index is -1.02. The smallest absolute Gasteiger partial charge is 0.341 e. The van der Waals surface area contributed by atoms with Gasteiger partial charge in [-0.3, -0.25) is 4.98 Å². The minimum absolute atomic E-state index is 0.0363. The zero-order chi connectivity index (χ0) is 11.4. The van der Waals surface area contributed by atoms with Gasteiger partial charge in [-0.1, -0.05) is 0 Å². The molecule has 1 aliphatic heterocycles. The number of carbonyl (C=O) groups is 1. The van der Waals surface area contributed by atoms with Crippen LogP contribution in [0.1, 0.15) is 23.2 Å². The van der Waals surface area contributed by atoms with Crippen LogP contribution in [0.2, 0.25) is 0 Å². The molecular formula is C11H13NO4. The maximum absolute atomic E-state index is 10.9. The van der Waals surface area contributed by atoms with Gasteiger partial charge in [0.15, 0.2) is 0 Å². The second-order valence-corrected chi connectivity index (χ2v) is 3.61. The van der Waals surface area contributed by atoms with E-state index < -0.39 is 5.97 Å². The van der Waals surface area contributed by atoms with Gasteiger partial charge in [-0.05, 0) is 6.07 Å². The van der Waals surface area contributed by atoms with Crippen molar-refractivity contribution in [3.63, 3.8) is 0 Å². The van der Waals surface area contributed by atoms with Crippen molar-refractivity contribution in [1.82, 2.24) is 4.98 Å². The Morgan fingerprint density at radius 3 is 2.94 bits per heavy atom. The summed E-state index contributed by atoms with van der Waals surface area (Å²) >= 11 is 0. The molecule has 0 spiro atoms. The van der Waals surface area contributed by atoms with Gasteiger partial charge in [0.2, 0.25) is 0 Å². The summed E-state index contributed by atoms with van der Waals surface area (Å²) in [6.07, 6.45) is 4.45. The van der Waals surface area contributed by atoms with E-state index in [1.165, 1.54) is 12.4 Å². The number of rotatable bonds is 3. The van der Waals surface area contributed by atoms with Crippen molar-refractivity contribution >= 4 is 5.97 Å². The van der Waals surface area contributed by atoms with E-state index in [1.807, 2.05) is 0 Å². The van der Waals surface area contributed by atoms with Crippen LogP contribution in [0, 0.1) is 0 Å². The Balaban J connectivity index is 2.10. The molecule has 0 atom stereocenters. The van der Waals surface area contributed by atoms with Crippen LogP contribution >= 0.6 is 0 Å². The van der Waals surface area contributed by atoms with E-state index >= 15 is 0 Å². The van der Waals surface area contributed by atoms with Crippen LogP contribution in [0.4, 0.5) is 0 Å². The standard InChI is InChI=1S/C11H13NO4/c13-11(14)9-7-12-4-1-10(9)16-8-2-5-15-6-3-8/h1,4,7-8H,2-3,5-6H2,(H,13,14). The van der Waals surface area contributed by atoms with Gasteiger partial charge in [0.1, 0.15) is 17.4 Å². The number of aromatic nitrogens is 1. The average molecular weight is 223 g/mol. The van der Waals surface area contributed by atoms with Crippen LogP contribution in [-0.2, 0) is 4.74 Å². The first kappa shape index (κ1) is 10.9. The summed E-state index contributed by atoms with van der Waals surface area (Å²) in [5.74, 6) is -0.635. The zero-order valence-electron chi connectivity index (χ0n) is 8.76. The Morgan fingerprint density at radius 2 is 2.25 bits per heavy atom. The highest BCUT2D eigenvalue weighted by Gasteiger charge is 2.18. The second-order valence-electron chi connectivity index (χ2n) is 3.61. The highest BCUT2D eigenvalue weighted by Crippen LogP contribution is 2.21. The third kappa shape index (κ3) is 2.49. The van der Waals surface area contributed by atoms with Crippen LogP contribution in [0.25, 0.3) is 0 Å². The largest absolute Gasteiger partial charge is 0.489 e. The Kier molecular flexibility index (Phi) is 3.36. The zero-order valence-corrected chi connectivity index (χ0v) is 8.76. The molecule has 0 bridgehead atoms. The van der Waals surface area contributed by atoms with E-state index in [2.05, 4.69) is 4.98 Å². The van der Waals surface area contributed by atoms with Gasteiger partial charge < -0.3 is 14.6 Å². The molecule has 2 rings (SSSR count). The van der Waals surface area contributed by atoms with Crippen molar-refractivity contribution in [3.8, 4) is 5.75 Å². The van der Waals surface area contributed by atoms with E-state index in [0.29, 0.717) is 19.0 Å². The summed E-state index contributed by atoms with van der Waals surface area (Å²) in [6, 6.07) is 1.58. The molecule has 5 nitrogen and oxygen atoms in total. The lowest BCUT2D eigenvalue weighted by Crippen LogP contribution is -2.26. The highest BCUT2D eigenvalue weighted by atomic mass is 16.5. The summed E-state index contributed by atoms with van der Waals surface area (Å²) in [7, 11) is 0. The van der Waals surface area contributed by atoms with Gasteiger partial charge in [-0.25, -0.2) is 4.79 Å². The number of nitrogens with zero attached hydrogens (tertiary/aromatic N) is 1. The van der Waals surface area contributed by atoms with Gasteiger partial charge >= 0.3 is 5.97 Å². The predicted molar refractivity (Wildman–Crippen MR) is 55.7 cm³/mol. The van der Waals surface area contributed by atoms with Gasteiger partial charge in [-0.2, -0.15) is 0 Å². The first-order chi connectivity index (χ1) is 7.77. The number of hydrogen-bond acceptors (Lipinski definition) is 4. The molecule has 5 heteroatoms. The fourth-order valence-electron chi connectivity index (χ4n) is 1.62. The average Bonchev–Trinajstić information content (AvgIpc) is 2.31. The number of ether oxygens (including phenoxy) is 2.